The molecule has 1 fully saturated rings. The Hall–Kier alpha value is -2.08. The number of anilines is 1. The number of nitrogens with one attached hydrogen (secondary N) is 1. The highest BCUT2D eigenvalue weighted by molar-refractivity contribution is 7.99. The summed E-state index contributed by atoms with van der Waals surface area (Å²) in [4.78, 5) is 15.3. The minimum Gasteiger partial charge on any atom is -0.356 e. The van der Waals surface area contributed by atoms with Crippen molar-refractivity contribution in [2.45, 2.75) is 23.8 Å². The highest BCUT2D eigenvalue weighted by Gasteiger charge is 2.33. The van der Waals surface area contributed by atoms with Crippen molar-refractivity contribution in [2.75, 3.05) is 17.7 Å². The first-order valence-electron chi connectivity index (χ1n) is 8.10. The zero-order valence-electron chi connectivity index (χ0n) is 13.4. The number of aromatic nitrogens is 3. The number of aromatic amines is 1. The molecule has 6 heteroatoms. The maximum atomic E-state index is 12.9. The van der Waals surface area contributed by atoms with Crippen LogP contribution in [0.5, 0.6) is 0 Å². The van der Waals surface area contributed by atoms with Crippen LogP contribution in [0.4, 0.5) is 10.2 Å². The van der Waals surface area contributed by atoms with E-state index in [1.807, 2.05) is 36.2 Å². The summed E-state index contributed by atoms with van der Waals surface area (Å²) >= 11 is 1.81. The van der Waals surface area contributed by atoms with Crippen molar-refractivity contribution in [3.8, 4) is 0 Å². The molecule has 0 bridgehead atoms. The number of fused-ring (bicyclic) bond motifs is 1. The minimum atomic E-state index is -0.175. The molecular formula is C18H19FN4S. The van der Waals surface area contributed by atoms with Crippen molar-refractivity contribution in [3.05, 3.63) is 48.7 Å². The molecule has 0 spiro atoms. The molecule has 0 unspecified atom stereocenters. The Morgan fingerprint density at radius 1 is 1.21 bits per heavy atom. The number of H-pyrrole nitrogens is 1. The SMILES string of the molecule is CN(c1ncnc2[nH]ccc12)[C@H]1C[C@@H](CSc2ccc(F)cc2)C1. The van der Waals surface area contributed by atoms with Crippen molar-refractivity contribution in [3.63, 3.8) is 0 Å². The fourth-order valence-electron chi connectivity index (χ4n) is 3.21. The minimum absolute atomic E-state index is 0.175. The predicted molar refractivity (Wildman–Crippen MR) is 95.9 cm³/mol. The van der Waals surface area contributed by atoms with Crippen LogP contribution in [0.15, 0.2) is 47.8 Å². The lowest BCUT2D eigenvalue weighted by molar-refractivity contribution is 0.286. The van der Waals surface area contributed by atoms with E-state index in [1.165, 1.54) is 25.0 Å². The molecule has 24 heavy (non-hydrogen) atoms. The van der Waals surface area contributed by atoms with Gasteiger partial charge in [0, 0.05) is 29.9 Å². The van der Waals surface area contributed by atoms with Crippen LogP contribution in [-0.4, -0.2) is 33.8 Å². The summed E-state index contributed by atoms with van der Waals surface area (Å²) in [5, 5.41) is 1.07. The number of rotatable bonds is 5. The Balaban J connectivity index is 1.33. The van der Waals surface area contributed by atoms with Crippen LogP contribution in [0.2, 0.25) is 0 Å². The summed E-state index contributed by atoms with van der Waals surface area (Å²) in [7, 11) is 2.11. The summed E-state index contributed by atoms with van der Waals surface area (Å²) < 4.78 is 12.9. The van der Waals surface area contributed by atoms with Crippen LogP contribution in [0.25, 0.3) is 11.0 Å². The van der Waals surface area contributed by atoms with Crippen molar-refractivity contribution < 1.29 is 4.39 Å². The summed E-state index contributed by atoms with van der Waals surface area (Å²) in [5.41, 5.74) is 0.884. The lowest BCUT2D eigenvalue weighted by Crippen LogP contribution is -2.43. The second kappa shape index (κ2) is 6.43. The Kier molecular flexibility index (Phi) is 4.14. The van der Waals surface area contributed by atoms with E-state index in [9.17, 15) is 4.39 Å². The molecule has 4 nitrogen and oxygen atoms in total. The topological polar surface area (TPSA) is 44.8 Å². The summed E-state index contributed by atoms with van der Waals surface area (Å²) in [5.74, 6) is 2.61. The highest BCUT2D eigenvalue weighted by atomic mass is 32.2. The maximum Gasteiger partial charge on any atom is 0.142 e. The largest absolute Gasteiger partial charge is 0.356 e. The van der Waals surface area contributed by atoms with Crippen LogP contribution in [0, 0.1) is 11.7 Å². The second-order valence-electron chi connectivity index (χ2n) is 6.30. The molecule has 124 valence electrons. The molecule has 0 aliphatic heterocycles. The normalized spacial score (nSPS) is 20.1. The fraction of sp³-hybridized carbons (Fsp3) is 0.333. The zero-order valence-corrected chi connectivity index (χ0v) is 14.3. The number of nitrogens with zero attached hydrogens (tertiary/aromatic N) is 3. The number of hydrogen-bond donors (Lipinski definition) is 1. The summed E-state index contributed by atoms with van der Waals surface area (Å²) in [6.45, 7) is 0. The predicted octanol–water partition coefficient (Wildman–Crippen LogP) is 4.10. The van der Waals surface area contributed by atoms with Crippen LogP contribution in [0.1, 0.15) is 12.8 Å². The average molecular weight is 342 g/mol. The first-order chi connectivity index (χ1) is 11.7. The van der Waals surface area contributed by atoms with Crippen LogP contribution < -0.4 is 4.90 Å². The molecule has 1 N–H and O–H groups in total. The van der Waals surface area contributed by atoms with Gasteiger partial charge >= 0.3 is 0 Å². The fourth-order valence-corrected chi connectivity index (χ4v) is 4.24. The lowest BCUT2D eigenvalue weighted by atomic mass is 9.81. The smallest absolute Gasteiger partial charge is 0.142 e. The third kappa shape index (κ3) is 2.98. The first-order valence-corrected chi connectivity index (χ1v) is 9.08. The van der Waals surface area contributed by atoms with E-state index in [0.29, 0.717) is 12.0 Å². The third-order valence-electron chi connectivity index (χ3n) is 4.72. The highest BCUT2D eigenvalue weighted by Crippen LogP contribution is 2.38. The summed E-state index contributed by atoms with van der Waals surface area (Å²) in [6.07, 6.45) is 5.85. The van der Waals surface area contributed by atoms with E-state index in [-0.39, 0.29) is 5.82 Å². The van der Waals surface area contributed by atoms with E-state index >= 15 is 0 Å². The lowest BCUT2D eigenvalue weighted by Gasteiger charge is -2.41. The van der Waals surface area contributed by atoms with Crippen molar-refractivity contribution >= 4 is 28.6 Å². The van der Waals surface area contributed by atoms with Crippen molar-refractivity contribution in [2.24, 2.45) is 5.92 Å². The second-order valence-corrected chi connectivity index (χ2v) is 7.40. The van der Waals surface area contributed by atoms with E-state index in [4.69, 9.17) is 0 Å². The van der Waals surface area contributed by atoms with Gasteiger partial charge < -0.3 is 9.88 Å². The van der Waals surface area contributed by atoms with Crippen LogP contribution >= 0.6 is 11.8 Å². The van der Waals surface area contributed by atoms with Gasteiger partial charge in [0.1, 0.15) is 23.6 Å². The van der Waals surface area contributed by atoms with Gasteiger partial charge in [-0.15, -0.1) is 11.8 Å². The number of benzene rings is 1. The summed E-state index contributed by atoms with van der Waals surface area (Å²) in [6, 6.07) is 9.31. The van der Waals surface area contributed by atoms with Gasteiger partial charge in [-0.25, -0.2) is 14.4 Å². The van der Waals surface area contributed by atoms with Gasteiger partial charge in [-0.3, -0.25) is 0 Å². The van der Waals surface area contributed by atoms with Gasteiger partial charge in [0.05, 0.1) is 5.39 Å². The number of halogens is 1. The Labute approximate surface area is 144 Å². The zero-order chi connectivity index (χ0) is 16.5. The number of hydrogen-bond acceptors (Lipinski definition) is 4. The first kappa shape index (κ1) is 15.4. The molecule has 1 aliphatic carbocycles. The molecule has 0 radical (unpaired) electrons. The van der Waals surface area contributed by atoms with Gasteiger partial charge in [-0.05, 0) is 49.1 Å². The van der Waals surface area contributed by atoms with Gasteiger partial charge in [0.2, 0.25) is 0 Å². The van der Waals surface area contributed by atoms with Gasteiger partial charge in [0.25, 0.3) is 0 Å². The molecule has 1 aliphatic rings. The van der Waals surface area contributed by atoms with Crippen molar-refractivity contribution in [1.29, 1.82) is 0 Å². The molecular weight excluding hydrogens is 323 g/mol. The van der Waals surface area contributed by atoms with E-state index in [1.54, 1.807) is 6.33 Å². The van der Waals surface area contributed by atoms with E-state index < -0.39 is 0 Å². The van der Waals surface area contributed by atoms with Gasteiger partial charge in [0.15, 0.2) is 0 Å². The molecule has 1 saturated carbocycles. The maximum absolute atomic E-state index is 12.9. The number of thioether (sulfide) groups is 1. The third-order valence-corrected chi connectivity index (χ3v) is 5.97. The Morgan fingerprint density at radius 2 is 2.00 bits per heavy atom. The van der Waals surface area contributed by atoms with E-state index in [0.717, 1.165) is 27.5 Å². The molecule has 4 rings (SSSR count). The molecule has 0 amide bonds. The quantitative estimate of drug-likeness (QED) is 0.709. The Bertz CT molecular complexity index is 826. The van der Waals surface area contributed by atoms with E-state index in [2.05, 4.69) is 26.9 Å². The van der Waals surface area contributed by atoms with Gasteiger partial charge in [-0.1, -0.05) is 0 Å². The Morgan fingerprint density at radius 3 is 2.79 bits per heavy atom. The standard InChI is InChI=1S/C18H19FN4S/c1-23(18-16-6-7-20-17(16)21-11-22-18)14-8-12(9-14)10-24-15-4-2-13(19)3-5-15/h2-7,11-12,14H,8-10H2,1H3,(H,20,21,22)/t12-,14+. The average Bonchev–Trinajstić information content (AvgIpc) is 3.03. The molecule has 0 atom stereocenters. The molecule has 2 aromatic heterocycles. The molecule has 3 aromatic rings. The monoisotopic (exact) mass is 342 g/mol. The molecule has 1 aromatic carbocycles. The van der Waals surface area contributed by atoms with Crippen LogP contribution in [-0.2, 0) is 0 Å². The van der Waals surface area contributed by atoms with Crippen molar-refractivity contribution in [1.82, 2.24) is 15.0 Å². The van der Waals surface area contributed by atoms with Crippen LogP contribution in [0.3, 0.4) is 0 Å². The van der Waals surface area contributed by atoms with Gasteiger partial charge in [-0.2, -0.15) is 0 Å². The molecule has 0 saturated heterocycles. The molecule has 2 heterocycles.